The van der Waals surface area contributed by atoms with Gasteiger partial charge in [-0.25, -0.2) is 0 Å². The number of carbonyl (C=O) groups is 1. The number of carbonyl (C=O) groups excluding carboxylic acids is 1. The van der Waals surface area contributed by atoms with Gasteiger partial charge in [0.15, 0.2) is 5.11 Å². The Labute approximate surface area is 145 Å². The summed E-state index contributed by atoms with van der Waals surface area (Å²) >= 11 is 5.12. The van der Waals surface area contributed by atoms with Crippen molar-refractivity contribution in [1.82, 2.24) is 5.32 Å². The first-order valence-corrected chi connectivity index (χ1v) is 7.78. The van der Waals surface area contributed by atoms with E-state index in [9.17, 15) is 14.9 Å². The second-order valence-corrected chi connectivity index (χ2v) is 5.57. The maximum absolute atomic E-state index is 12.3. The lowest BCUT2D eigenvalue weighted by Gasteiger charge is -2.11. The molecular weight excluding hydrogens is 326 g/mol. The maximum atomic E-state index is 12.3. The van der Waals surface area contributed by atoms with Gasteiger partial charge in [-0.2, -0.15) is 0 Å². The highest BCUT2D eigenvalue weighted by atomic mass is 32.1. The van der Waals surface area contributed by atoms with E-state index in [2.05, 4.69) is 17.6 Å². The maximum Gasteiger partial charge on any atom is 0.273 e. The first-order valence-electron chi connectivity index (χ1n) is 7.37. The van der Waals surface area contributed by atoms with E-state index in [-0.39, 0.29) is 16.4 Å². The van der Waals surface area contributed by atoms with Gasteiger partial charge in [0, 0.05) is 22.9 Å². The number of benzene rings is 2. The summed E-state index contributed by atoms with van der Waals surface area (Å²) in [5.74, 6) is -0.487. The van der Waals surface area contributed by atoms with Gasteiger partial charge in [0.05, 0.1) is 4.92 Å². The van der Waals surface area contributed by atoms with E-state index >= 15 is 0 Å². The Balaban J connectivity index is 2.07. The average molecular weight is 343 g/mol. The molecule has 0 bridgehead atoms. The first kappa shape index (κ1) is 17.6. The highest BCUT2D eigenvalue weighted by molar-refractivity contribution is 7.80. The Morgan fingerprint density at radius 3 is 2.46 bits per heavy atom. The number of anilines is 1. The summed E-state index contributed by atoms with van der Waals surface area (Å²) in [6.07, 6.45) is 0.938. The molecule has 124 valence electrons. The van der Waals surface area contributed by atoms with Crippen LogP contribution in [0.4, 0.5) is 11.4 Å². The lowest BCUT2D eigenvalue weighted by atomic mass is 10.1. The molecule has 0 aliphatic heterocycles. The minimum absolute atomic E-state index is 0.100. The number of nitrogens with one attached hydrogen (secondary N) is 2. The minimum atomic E-state index is -0.516. The normalized spacial score (nSPS) is 10.1. The molecule has 0 aliphatic rings. The third-order valence-corrected chi connectivity index (χ3v) is 3.80. The fourth-order valence-electron chi connectivity index (χ4n) is 2.22. The van der Waals surface area contributed by atoms with Gasteiger partial charge in [0.25, 0.3) is 11.6 Å². The molecule has 0 atom stereocenters. The Hall–Kier alpha value is -2.80. The van der Waals surface area contributed by atoms with E-state index in [1.165, 1.54) is 30.7 Å². The molecule has 0 saturated carbocycles. The van der Waals surface area contributed by atoms with E-state index < -0.39 is 10.8 Å². The Bertz CT molecular complexity index is 788. The second-order valence-electron chi connectivity index (χ2n) is 5.17. The second kappa shape index (κ2) is 7.65. The standard InChI is InChI=1S/C17H17N3O3S/c1-3-12-7-9-13(10-8-12)18-17(24)19-16(21)14-5-4-6-15(11(14)2)20(22)23/h4-10H,3H2,1-2H3,(H2,18,19,21,24). The van der Waals surface area contributed by atoms with Crippen LogP contribution in [0.5, 0.6) is 0 Å². The fraction of sp³-hybridized carbons (Fsp3) is 0.176. The zero-order valence-electron chi connectivity index (χ0n) is 13.3. The Morgan fingerprint density at radius 2 is 1.88 bits per heavy atom. The first-order chi connectivity index (χ1) is 11.4. The largest absolute Gasteiger partial charge is 0.332 e. The van der Waals surface area contributed by atoms with E-state index in [0.29, 0.717) is 5.56 Å². The molecule has 2 N–H and O–H groups in total. The number of nitro benzene ring substituents is 1. The lowest BCUT2D eigenvalue weighted by molar-refractivity contribution is -0.385. The number of rotatable bonds is 4. The number of hydrogen-bond acceptors (Lipinski definition) is 4. The molecule has 24 heavy (non-hydrogen) atoms. The summed E-state index contributed by atoms with van der Waals surface area (Å²) < 4.78 is 0. The molecule has 0 spiro atoms. The SMILES string of the molecule is CCc1ccc(NC(=S)NC(=O)c2cccc([N+](=O)[O-])c2C)cc1. The van der Waals surface area contributed by atoms with Crippen molar-refractivity contribution >= 4 is 34.6 Å². The average Bonchev–Trinajstić information content (AvgIpc) is 2.55. The summed E-state index contributed by atoms with van der Waals surface area (Å²) in [5.41, 5.74) is 2.37. The van der Waals surface area contributed by atoms with Crippen molar-refractivity contribution in [3.63, 3.8) is 0 Å². The van der Waals surface area contributed by atoms with Gasteiger partial charge < -0.3 is 5.32 Å². The monoisotopic (exact) mass is 343 g/mol. The molecule has 1 amide bonds. The molecule has 0 saturated heterocycles. The van der Waals surface area contributed by atoms with Crippen LogP contribution >= 0.6 is 12.2 Å². The predicted octanol–water partition coefficient (Wildman–Crippen LogP) is 3.59. The summed E-state index contributed by atoms with van der Waals surface area (Å²) in [4.78, 5) is 22.7. The topological polar surface area (TPSA) is 84.3 Å². The fourth-order valence-corrected chi connectivity index (χ4v) is 2.43. The molecule has 0 unspecified atom stereocenters. The molecule has 0 heterocycles. The van der Waals surface area contributed by atoms with Crippen LogP contribution in [0.3, 0.4) is 0 Å². The van der Waals surface area contributed by atoms with Crippen molar-refractivity contribution in [2.24, 2.45) is 0 Å². The van der Waals surface area contributed by atoms with E-state index in [1.54, 1.807) is 0 Å². The Morgan fingerprint density at radius 1 is 1.21 bits per heavy atom. The van der Waals surface area contributed by atoms with Crippen LogP contribution in [0.25, 0.3) is 0 Å². The van der Waals surface area contributed by atoms with E-state index in [0.717, 1.165) is 12.1 Å². The lowest BCUT2D eigenvalue weighted by Crippen LogP contribution is -2.34. The van der Waals surface area contributed by atoms with Gasteiger partial charge in [0.1, 0.15) is 0 Å². The molecule has 6 nitrogen and oxygen atoms in total. The number of aryl methyl sites for hydroxylation is 1. The number of nitrogens with zero attached hydrogens (tertiary/aromatic N) is 1. The van der Waals surface area contributed by atoms with Crippen LogP contribution in [-0.2, 0) is 6.42 Å². The molecule has 0 aliphatic carbocycles. The number of nitro groups is 1. The highest BCUT2D eigenvalue weighted by Gasteiger charge is 2.18. The number of thiocarbonyl (C=S) groups is 1. The van der Waals surface area contributed by atoms with Gasteiger partial charge in [-0.05, 0) is 49.3 Å². The molecular formula is C17H17N3O3S. The molecule has 0 fully saturated rings. The van der Waals surface area contributed by atoms with Crippen molar-refractivity contribution in [1.29, 1.82) is 0 Å². The third kappa shape index (κ3) is 4.14. The van der Waals surface area contributed by atoms with E-state index in [4.69, 9.17) is 12.2 Å². The van der Waals surface area contributed by atoms with Crippen molar-refractivity contribution in [2.45, 2.75) is 20.3 Å². The van der Waals surface area contributed by atoms with Crippen LogP contribution in [0, 0.1) is 17.0 Å². The zero-order valence-corrected chi connectivity index (χ0v) is 14.1. The van der Waals surface area contributed by atoms with Crippen molar-refractivity contribution in [3.05, 3.63) is 69.3 Å². The molecule has 2 aromatic rings. The molecule has 2 aromatic carbocycles. The summed E-state index contributed by atoms with van der Waals surface area (Å²) in [6, 6.07) is 12.0. The molecule has 0 radical (unpaired) electrons. The molecule has 2 rings (SSSR count). The summed E-state index contributed by atoms with van der Waals surface area (Å²) in [7, 11) is 0. The number of amides is 1. The highest BCUT2D eigenvalue weighted by Crippen LogP contribution is 2.21. The van der Waals surface area contributed by atoms with Crippen LogP contribution < -0.4 is 10.6 Å². The van der Waals surface area contributed by atoms with Crippen molar-refractivity contribution in [2.75, 3.05) is 5.32 Å². The minimum Gasteiger partial charge on any atom is -0.332 e. The molecule has 0 aromatic heterocycles. The smallest absolute Gasteiger partial charge is 0.273 e. The molecule has 7 heteroatoms. The van der Waals surface area contributed by atoms with Gasteiger partial charge in [-0.15, -0.1) is 0 Å². The summed E-state index contributed by atoms with van der Waals surface area (Å²) in [5, 5.41) is 16.5. The van der Waals surface area contributed by atoms with Gasteiger partial charge in [-0.1, -0.05) is 25.1 Å². The number of hydrogen-bond donors (Lipinski definition) is 2. The van der Waals surface area contributed by atoms with Gasteiger partial charge in [0.2, 0.25) is 0 Å². The zero-order chi connectivity index (χ0) is 17.7. The van der Waals surface area contributed by atoms with Gasteiger partial charge in [-0.3, -0.25) is 20.2 Å². The summed E-state index contributed by atoms with van der Waals surface area (Å²) in [6.45, 7) is 3.60. The van der Waals surface area contributed by atoms with E-state index in [1.807, 2.05) is 24.3 Å². The van der Waals surface area contributed by atoms with Crippen LogP contribution in [0.15, 0.2) is 42.5 Å². The van der Waals surface area contributed by atoms with Crippen LogP contribution in [-0.4, -0.2) is 15.9 Å². The Kier molecular flexibility index (Phi) is 5.59. The predicted molar refractivity (Wildman–Crippen MR) is 97.3 cm³/mol. The van der Waals surface area contributed by atoms with Crippen LogP contribution in [0.2, 0.25) is 0 Å². The van der Waals surface area contributed by atoms with Crippen LogP contribution in [0.1, 0.15) is 28.4 Å². The van der Waals surface area contributed by atoms with Crippen molar-refractivity contribution < 1.29 is 9.72 Å². The van der Waals surface area contributed by atoms with Gasteiger partial charge >= 0.3 is 0 Å². The third-order valence-electron chi connectivity index (χ3n) is 3.59. The quantitative estimate of drug-likeness (QED) is 0.503. The van der Waals surface area contributed by atoms with Crippen molar-refractivity contribution in [3.8, 4) is 0 Å².